The van der Waals surface area contributed by atoms with Crippen molar-refractivity contribution in [3.63, 3.8) is 0 Å². The average molecular weight is 433 g/mol. The first kappa shape index (κ1) is 19.6. The monoisotopic (exact) mass is 433 g/mol. The van der Waals surface area contributed by atoms with Gasteiger partial charge in [-0.15, -0.1) is 24.0 Å². The Morgan fingerprint density at radius 1 is 1.27 bits per heavy atom. The van der Waals surface area contributed by atoms with E-state index in [0.29, 0.717) is 12.0 Å². The molecule has 2 unspecified atom stereocenters. The molecule has 1 aliphatic carbocycles. The van der Waals surface area contributed by atoms with Crippen molar-refractivity contribution in [1.29, 1.82) is 0 Å². The lowest BCUT2D eigenvalue weighted by Gasteiger charge is -2.11. The first-order valence-electron chi connectivity index (χ1n) is 7.94. The second-order valence-corrected chi connectivity index (χ2v) is 6.45. The van der Waals surface area contributed by atoms with Crippen molar-refractivity contribution in [3.05, 3.63) is 35.9 Å². The molecule has 1 aromatic rings. The van der Waals surface area contributed by atoms with Crippen molar-refractivity contribution < 1.29 is 0 Å². The van der Waals surface area contributed by atoms with Crippen LogP contribution in [0.15, 0.2) is 35.3 Å². The molecular weight excluding hydrogens is 405 g/mol. The summed E-state index contributed by atoms with van der Waals surface area (Å²) in [6.07, 6.45) is 5.79. The van der Waals surface area contributed by atoms with Gasteiger partial charge in [-0.3, -0.25) is 4.99 Å². The van der Waals surface area contributed by atoms with Crippen LogP contribution in [0, 0.1) is 0 Å². The van der Waals surface area contributed by atoms with Gasteiger partial charge in [0.25, 0.3) is 0 Å². The third kappa shape index (κ3) is 6.77. The lowest BCUT2D eigenvalue weighted by atomic mass is 10.1. The Morgan fingerprint density at radius 3 is 2.73 bits per heavy atom. The van der Waals surface area contributed by atoms with Crippen LogP contribution in [0.1, 0.15) is 37.7 Å². The summed E-state index contributed by atoms with van der Waals surface area (Å²) in [5.74, 6) is 2.86. The molecule has 0 aliphatic heterocycles. The van der Waals surface area contributed by atoms with E-state index in [-0.39, 0.29) is 24.0 Å². The van der Waals surface area contributed by atoms with E-state index < -0.39 is 0 Å². The molecule has 0 amide bonds. The predicted molar refractivity (Wildman–Crippen MR) is 110 cm³/mol. The van der Waals surface area contributed by atoms with E-state index in [1.165, 1.54) is 30.6 Å². The van der Waals surface area contributed by atoms with Gasteiger partial charge in [0.05, 0.1) is 0 Å². The molecule has 1 fully saturated rings. The minimum atomic E-state index is 0. The minimum Gasteiger partial charge on any atom is -0.357 e. The van der Waals surface area contributed by atoms with Crippen LogP contribution in [0.2, 0.25) is 0 Å². The zero-order chi connectivity index (χ0) is 14.9. The molecule has 5 heteroatoms. The summed E-state index contributed by atoms with van der Waals surface area (Å²) >= 11 is 1.91. The van der Waals surface area contributed by atoms with Crippen LogP contribution in [0.25, 0.3) is 0 Å². The minimum absolute atomic E-state index is 0. The molecule has 0 radical (unpaired) electrons. The van der Waals surface area contributed by atoms with Gasteiger partial charge in [0, 0.05) is 25.0 Å². The number of guanidine groups is 1. The van der Waals surface area contributed by atoms with Gasteiger partial charge in [-0.25, -0.2) is 0 Å². The van der Waals surface area contributed by atoms with Gasteiger partial charge in [0.2, 0.25) is 0 Å². The quantitative estimate of drug-likeness (QED) is 0.283. The number of hydrogen-bond donors (Lipinski definition) is 2. The number of thioether (sulfide) groups is 1. The van der Waals surface area contributed by atoms with Gasteiger partial charge in [0.1, 0.15) is 0 Å². The molecule has 22 heavy (non-hydrogen) atoms. The van der Waals surface area contributed by atoms with Crippen molar-refractivity contribution in [1.82, 2.24) is 10.6 Å². The number of aliphatic imine (C=N–C) groups is 1. The number of hydrogen-bond acceptors (Lipinski definition) is 2. The summed E-state index contributed by atoms with van der Waals surface area (Å²) in [5, 5.41) is 6.92. The van der Waals surface area contributed by atoms with Crippen molar-refractivity contribution in [2.24, 2.45) is 4.99 Å². The van der Waals surface area contributed by atoms with Crippen LogP contribution < -0.4 is 10.6 Å². The SMILES string of the molecule is CCNC(=NCCCCSC)NC1CC1c1ccccc1.I. The van der Waals surface area contributed by atoms with E-state index in [0.717, 1.165) is 19.0 Å². The van der Waals surface area contributed by atoms with E-state index in [2.05, 4.69) is 59.1 Å². The lowest BCUT2D eigenvalue weighted by Crippen LogP contribution is -2.39. The first-order valence-corrected chi connectivity index (χ1v) is 9.33. The molecule has 1 aliphatic rings. The number of rotatable bonds is 8. The Kier molecular flexibility index (Phi) is 9.95. The van der Waals surface area contributed by atoms with E-state index in [1.807, 2.05) is 11.8 Å². The van der Waals surface area contributed by atoms with Gasteiger partial charge >= 0.3 is 0 Å². The highest BCUT2D eigenvalue weighted by molar-refractivity contribution is 14.0. The van der Waals surface area contributed by atoms with Crippen molar-refractivity contribution >= 4 is 41.7 Å². The van der Waals surface area contributed by atoms with Crippen molar-refractivity contribution in [3.8, 4) is 0 Å². The Morgan fingerprint density at radius 2 is 2.05 bits per heavy atom. The van der Waals surface area contributed by atoms with E-state index in [4.69, 9.17) is 0 Å². The maximum absolute atomic E-state index is 4.68. The molecule has 2 atom stereocenters. The van der Waals surface area contributed by atoms with Crippen LogP contribution in [0.4, 0.5) is 0 Å². The first-order chi connectivity index (χ1) is 10.3. The molecule has 0 bridgehead atoms. The fraction of sp³-hybridized carbons (Fsp3) is 0.588. The molecule has 3 nitrogen and oxygen atoms in total. The maximum atomic E-state index is 4.68. The van der Waals surface area contributed by atoms with Gasteiger partial charge in [0.15, 0.2) is 5.96 Å². The van der Waals surface area contributed by atoms with Gasteiger partial charge in [-0.1, -0.05) is 30.3 Å². The highest BCUT2D eigenvalue weighted by Crippen LogP contribution is 2.40. The number of benzene rings is 1. The number of nitrogens with one attached hydrogen (secondary N) is 2. The number of nitrogens with zero attached hydrogens (tertiary/aromatic N) is 1. The van der Waals surface area contributed by atoms with E-state index in [1.54, 1.807) is 0 Å². The Bertz CT molecular complexity index is 439. The fourth-order valence-electron chi connectivity index (χ4n) is 2.47. The normalized spacial score (nSPS) is 20.2. The molecular formula is C17H28IN3S. The van der Waals surface area contributed by atoms with Crippen LogP contribution in [0.3, 0.4) is 0 Å². The lowest BCUT2D eigenvalue weighted by molar-refractivity contribution is 0.767. The summed E-state index contributed by atoms with van der Waals surface area (Å²) in [7, 11) is 0. The topological polar surface area (TPSA) is 36.4 Å². The zero-order valence-corrected chi connectivity index (χ0v) is 16.7. The smallest absolute Gasteiger partial charge is 0.191 e. The highest BCUT2D eigenvalue weighted by atomic mass is 127. The summed E-state index contributed by atoms with van der Waals surface area (Å²) < 4.78 is 0. The third-order valence-corrected chi connectivity index (χ3v) is 4.41. The van der Waals surface area contributed by atoms with Crippen molar-refractivity contribution in [2.75, 3.05) is 25.1 Å². The average Bonchev–Trinajstić information content (AvgIpc) is 3.27. The second kappa shape index (κ2) is 11.2. The van der Waals surface area contributed by atoms with Gasteiger partial charge in [-0.05, 0) is 43.8 Å². The Hall–Kier alpha value is -0.430. The molecule has 2 rings (SSSR count). The maximum Gasteiger partial charge on any atom is 0.191 e. The van der Waals surface area contributed by atoms with Crippen molar-refractivity contribution in [2.45, 2.75) is 38.1 Å². The predicted octanol–water partition coefficient (Wildman–Crippen LogP) is 3.86. The van der Waals surface area contributed by atoms with E-state index in [9.17, 15) is 0 Å². The highest BCUT2D eigenvalue weighted by Gasteiger charge is 2.38. The largest absolute Gasteiger partial charge is 0.357 e. The summed E-state index contributed by atoms with van der Waals surface area (Å²) in [5.41, 5.74) is 1.44. The molecule has 0 spiro atoms. The van der Waals surface area contributed by atoms with Gasteiger partial charge < -0.3 is 10.6 Å². The summed E-state index contributed by atoms with van der Waals surface area (Å²) in [6, 6.07) is 11.3. The van der Waals surface area contributed by atoms with Crippen LogP contribution in [-0.4, -0.2) is 37.1 Å². The molecule has 124 valence electrons. The fourth-order valence-corrected chi connectivity index (χ4v) is 2.96. The molecule has 0 aromatic heterocycles. The van der Waals surface area contributed by atoms with Crippen LogP contribution in [-0.2, 0) is 0 Å². The second-order valence-electron chi connectivity index (χ2n) is 5.46. The molecule has 2 N–H and O–H groups in total. The zero-order valence-electron chi connectivity index (χ0n) is 13.5. The Balaban J connectivity index is 0.00000242. The molecule has 1 aromatic carbocycles. The molecule has 0 heterocycles. The summed E-state index contributed by atoms with van der Waals surface area (Å²) in [4.78, 5) is 4.68. The summed E-state index contributed by atoms with van der Waals surface area (Å²) in [6.45, 7) is 3.95. The standard InChI is InChI=1S/C17H27N3S.HI/c1-3-18-17(19-11-7-8-12-21-2)20-16-13-15(16)14-9-5-4-6-10-14;/h4-6,9-10,15-16H,3,7-8,11-13H2,1-2H3,(H2,18,19,20);1H. The molecule has 0 saturated heterocycles. The Labute approximate surface area is 156 Å². The number of halogens is 1. The molecule has 1 saturated carbocycles. The van der Waals surface area contributed by atoms with E-state index >= 15 is 0 Å². The van der Waals surface area contributed by atoms with Crippen LogP contribution >= 0.6 is 35.7 Å². The van der Waals surface area contributed by atoms with Gasteiger partial charge in [-0.2, -0.15) is 11.8 Å². The third-order valence-electron chi connectivity index (χ3n) is 3.71. The van der Waals surface area contributed by atoms with Crippen LogP contribution in [0.5, 0.6) is 0 Å². The number of unbranched alkanes of at least 4 members (excludes halogenated alkanes) is 1.